The van der Waals surface area contributed by atoms with E-state index in [1.165, 1.54) is 6.07 Å². The van der Waals surface area contributed by atoms with Crippen LogP contribution < -0.4 is 4.72 Å². The Hall–Kier alpha value is -1.22. The monoisotopic (exact) mass is 346 g/mol. The van der Waals surface area contributed by atoms with E-state index < -0.39 is 10.0 Å². The maximum absolute atomic E-state index is 12.1. The molecule has 0 saturated carbocycles. The number of rotatable bonds is 5. The first kappa shape index (κ1) is 14.2. The second-order valence-electron chi connectivity index (χ2n) is 3.69. The summed E-state index contributed by atoms with van der Waals surface area (Å²) in [7, 11) is -3.71. The Balaban J connectivity index is 2.16. The van der Waals surface area contributed by atoms with Gasteiger partial charge in [0, 0.05) is 25.0 Å². The van der Waals surface area contributed by atoms with Gasteiger partial charge in [0.15, 0.2) is 4.67 Å². The van der Waals surface area contributed by atoms with Crippen LogP contribution in [0.2, 0.25) is 0 Å². The molecule has 19 heavy (non-hydrogen) atoms. The first-order valence-electron chi connectivity index (χ1n) is 5.30. The smallest absolute Gasteiger partial charge is 0.245 e. The normalized spacial score (nSPS) is 11.7. The molecule has 2 aromatic heterocycles. The van der Waals surface area contributed by atoms with E-state index in [0.717, 1.165) is 5.56 Å². The van der Waals surface area contributed by atoms with Crippen molar-refractivity contribution in [2.24, 2.45) is 0 Å². The van der Waals surface area contributed by atoms with Crippen molar-refractivity contribution in [2.45, 2.75) is 18.0 Å². The molecule has 8 heteroatoms. The highest BCUT2D eigenvalue weighted by molar-refractivity contribution is 9.10. The van der Waals surface area contributed by atoms with Crippen LogP contribution in [-0.2, 0) is 23.2 Å². The number of aliphatic hydroxyl groups excluding tert-OH is 1. The van der Waals surface area contributed by atoms with Gasteiger partial charge in [-0.3, -0.25) is 4.98 Å². The zero-order valence-electron chi connectivity index (χ0n) is 9.71. The van der Waals surface area contributed by atoms with Gasteiger partial charge in [-0.2, -0.15) is 0 Å². The Kier molecular flexibility index (Phi) is 4.35. The van der Waals surface area contributed by atoms with E-state index in [1.54, 1.807) is 24.5 Å². The highest BCUT2D eigenvalue weighted by Gasteiger charge is 2.22. The number of nitrogens with zero attached hydrogens (tertiary/aromatic N) is 1. The molecule has 0 atom stereocenters. The summed E-state index contributed by atoms with van der Waals surface area (Å²) in [6, 6.07) is 4.76. The summed E-state index contributed by atoms with van der Waals surface area (Å²) in [5, 5.41) is 8.91. The fourth-order valence-corrected chi connectivity index (χ4v) is 3.43. The van der Waals surface area contributed by atoms with Crippen LogP contribution in [0.3, 0.4) is 0 Å². The lowest BCUT2D eigenvalue weighted by Gasteiger charge is -2.04. The summed E-state index contributed by atoms with van der Waals surface area (Å²) < 4.78 is 31.6. The average Bonchev–Trinajstić information content (AvgIpc) is 2.80. The second kappa shape index (κ2) is 5.83. The number of sulfonamides is 1. The Morgan fingerprint density at radius 3 is 2.84 bits per heavy atom. The van der Waals surface area contributed by atoms with Crippen LogP contribution in [-0.4, -0.2) is 18.5 Å². The van der Waals surface area contributed by atoms with Crippen molar-refractivity contribution in [3.63, 3.8) is 0 Å². The van der Waals surface area contributed by atoms with Crippen LogP contribution in [0.25, 0.3) is 0 Å². The van der Waals surface area contributed by atoms with Gasteiger partial charge in [0.1, 0.15) is 17.3 Å². The van der Waals surface area contributed by atoms with E-state index >= 15 is 0 Å². The number of pyridine rings is 1. The Morgan fingerprint density at radius 2 is 2.26 bits per heavy atom. The highest BCUT2D eigenvalue weighted by atomic mass is 79.9. The number of halogens is 1. The fraction of sp³-hybridized carbons (Fsp3) is 0.182. The minimum atomic E-state index is -3.71. The summed E-state index contributed by atoms with van der Waals surface area (Å²) >= 11 is 3.01. The molecule has 0 aliphatic heterocycles. The third-order valence-corrected chi connectivity index (χ3v) is 4.60. The molecule has 2 rings (SSSR count). The van der Waals surface area contributed by atoms with E-state index in [0.29, 0.717) is 0 Å². The van der Waals surface area contributed by atoms with E-state index in [2.05, 4.69) is 25.6 Å². The van der Waals surface area contributed by atoms with Gasteiger partial charge < -0.3 is 9.52 Å². The molecule has 0 unspecified atom stereocenters. The van der Waals surface area contributed by atoms with Crippen LogP contribution in [0.1, 0.15) is 11.3 Å². The first-order chi connectivity index (χ1) is 9.03. The third-order valence-electron chi connectivity index (χ3n) is 2.34. The topological polar surface area (TPSA) is 92.4 Å². The number of hydrogen-bond acceptors (Lipinski definition) is 5. The van der Waals surface area contributed by atoms with Crippen molar-refractivity contribution in [3.8, 4) is 0 Å². The summed E-state index contributed by atoms with van der Waals surface area (Å²) in [5.41, 5.74) is 0.744. The predicted molar refractivity (Wildman–Crippen MR) is 70.6 cm³/mol. The Morgan fingerprint density at radius 1 is 1.47 bits per heavy atom. The lowest BCUT2D eigenvalue weighted by atomic mass is 10.3. The molecule has 0 spiro atoms. The first-order valence-corrected chi connectivity index (χ1v) is 7.58. The van der Waals surface area contributed by atoms with Crippen LogP contribution in [0.4, 0.5) is 0 Å². The molecular formula is C11H11BrN2O4S. The SMILES string of the molecule is O=S(=O)(NCc1cccnc1)c1cc(CO)oc1Br. The van der Waals surface area contributed by atoms with Crippen LogP contribution in [0.5, 0.6) is 0 Å². The van der Waals surface area contributed by atoms with Gasteiger partial charge in [-0.15, -0.1) is 0 Å². The number of aromatic nitrogens is 1. The molecule has 0 aliphatic carbocycles. The minimum Gasteiger partial charge on any atom is -0.450 e. The number of hydrogen-bond donors (Lipinski definition) is 2. The maximum Gasteiger partial charge on any atom is 0.245 e. The molecule has 2 heterocycles. The van der Waals surface area contributed by atoms with E-state index in [4.69, 9.17) is 9.52 Å². The average molecular weight is 347 g/mol. The molecule has 102 valence electrons. The molecule has 0 amide bonds. The van der Waals surface area contributed by atoms with E-state index in [-0.39, 0.29) is 28.5 Å². The molecule has 0 aromatic carbocycles. The number of aliphatic hydroxyl groups is 1. The van der Waals surface area contributed by atoms with Gasteiger partial charge in [0.05, 0.1) is 0 Å². The van der Waals surface area contributed by atoms with Gasteiger partial charge in [-0.1, -0.05) is 6.07 Å². The van der Waals surface area contributed by atoms with Crippen molar-refractivity contribution >= 4 is 26.0 Å². The van der Waals surface area contributed by atoms with Crippen molar-refractivity contribution in [1.82, 2.24) is 9.71 Å². The third kappa shape index (κ3) is 3.41. The van der Waals surface area contributed by atoms with Crippen molar-refractivity contribution in [2.75, 3.05) is 0 Å². The second-order valence-corrected chi connectivity index (χ2v) is 6.15. The van der Waals surface area contributed by atoms with Crippen molar-refractivity contribution < 1.29 is 17.9 Å². The molecule has 0 fully saturated rings. The van der Waals surface area contributed by atoms with Gasteiger partial charge in [-0.05, 0) is 27.6 Å². The summed E-state index contributed by atoms with van der Waals surface area (Å²) in [6.45, 7) is -0.237. The Labute approximate surface area is 118 Å². The van der Waals surface area contributed by atoms with Crippen molar-refractivity contribution in [3.05, 3.63) is 46.6 Å². The molecule has 0 aliphatic rings. The number of nitrogens with one attached hydrogen (secondary N) is 1. The van der Waals surface area contributed by atoms with Crippen LogP contribution in [0.15, 0.2) is 44.6 Å². The lowest BCUT2D eigenvalue weighted by Crippen LogP contribution is -2.23. The predicted octanol–water partition coefficient (Wildman–Crippen LogP) is 1.41. The summed E-state index contributed by atoms with van der Waals surface area (Å²) in [6.07, 6.45) is 3.18. The largest absolute Gasteiger partial charge is 0.450 e. The standard InChI is InChI=1S/C11H11BrN2O4S/c12-11-10(4-9(7-15)18-11)19(16,17)14-6-8-2-1-3-13-5-8/h1-5,14-15H,6-7H2. The highest BCUT2D eigenvalue weighted by Crippen LogP contribution is 2.26. The molecule has 0 bridgehead atoms. The molecule has 2 N–H and O–H groups in total. The molecule has 0 radical (unpaired) electrons. The van der Waals surface area contributed by atoms with Crippen molar-refractivity contribution in [1.29, 1.82) is 0 Å². The maximum atomic E-state index is 12.1. The lowest BCUT2D eigenvalue weighted by molar-refractivity contribution is 0.245. The van der Waals surface area contributed by atoms with E-state index in [1.807, 2.05) is 0 Å². The minimum absolute atomic E-state index is 0.0413. The van der Waals surface area contributed by atoms with Gasteiger partial charge >= 0.3 is 0 Å². The summed E-state index contributed by atoms with van der Waals surface area (Å²) in [4.78, 5) is 3.86. The van der Waals surface area contributed by atoms with Crippen LogP contribution >= 0.6 is 15.9 Å². The quantitative estimate of drug-likeness (QED) is 0.853. The molecular weight excluding hydrogens is 336 g/mol. The zero-order chi connectivity index (χ0) is 13.9. The van der Waals surface area contributed by atoms with Gasteiger partial charge in [0.25, 0.3) is 0 Å². The zero-order valence-corrected chi connectivity index (χ0v) is 12.1. The van der Waals surface area contributed by atoms with E-state index in [9.17, 15) is 8.42 Å². The fourth-order valence-electron chi connectivity index (χ4n) is 1.42. The Bertz CT molecular complexity index is 655. The van der Waals surface area contributed by atoms with Gasteiger partial charge in [0.2, 0.25) is 10.0 Å². The summed E-state index contributed by atoms with van der Waals surface area (Å²) in [5.74, 6) is 0.175. The molecule has 0 saturated heterocycles. The van der Waals surface area contributed by atoms with Gasteiger partial charge in [-0.25, -0.2) is 13.1 Å². The van der Waals surface area contributed by atoms with Crippen LogP contribution in [0, 0.1) is 0 Å². The molecule has 2 aromatic rings. The number of furan rings is 1. The molecule has 6 nitrogen and oxygen atoms in total.